The van der Waals surface area contributed by atoms with Crippen molar-refractivity contribution < 1.29 is 48.0 Å². The Labute approximate surface area is 154 Å². The number of carbonyl (C=O) groups is 4. The first-order chi connectivity index (χ1) is 12.7. The van der Waals surface area contributed by atoms with E-state index >= 15 is 0 Å². The van der Waals surface area contributed by atoms with Crippen LogP contribution in [0.1, 0.15) is 19.4 Å². The number of hydrogen-bond acceptors (Lipinski definition) is 9. The van der Waals surface area contributed by atoms with Gasteiger partial charge in [-0.3, -0.25) is 9.59 Å². The number of methoxy groups -OCH3 is 2. The van der Waals surface area contributed by atoms with E-state index < -0.39 is 36.1 Å². The number of carboxylic acids is 1. The highest BCUT2D eigenvalue weighted by Gasteiger charge is 2.40. The van der Waals surface area contributed by atoms with Crippen LogP contribution in [0, 0.1) is 0 Å². The van der Waals surface area contributed by atoms with E-state index in [2.05, 4.69) is 4.74 Å². The molecule has 1 aromatic rings. The van der Waals surface area contributed by atoms with Gasteiger partial charge in [-0.05, 0) is 17.7 Å². The molecule has 10 heteroatoms. The maximum atomic E-state index is 12.2. The van der Waals surface area contributed by atoms with E-state index in [1.165, 1.54) is 14.2 Å². The van der Waals surface area contributed by atoms with Crippen LogP contribution in [0.4, 0.5) is 0 Å². The Morgan fingerprint density at radius 1 is 0.926 bits per heavy atom. The van der Waals surface area contributed by atoms with Gasteiger partial charge in [0.05, 0.1) is 14.2 Å². The van der Waals surface area contributed by atoms with Crippen LogP contribution in [0.15, 0.2) is 18.2 Å². The average molecular weight is 384 g/mol. The summed E-state index contributed by atoms with van der Waals surface area (Å²) < 4.78 is 24.5. The van der Waals surface area contributed by atoms with Gasteiger partial charge < -0.3 is 28.8 Å². The third-order valence-corrected chi connectivity index (χ3v) is 3.17. The lowest BCUT2D eigenvalue weighted by Gasteiger charge is -2.21. The molecule has 0 radical (unpaired) electrons. The zero-order chi connectivity index (χ0) is 20.6. The molecule has 0 heterocycles. The van der Waals surface area contributed by atoms with E-state index in [0.717, 1.165) is 13.8 Å². The third-order valence-electron chi connectivity index (χ3n) is 3.17. The van der Waals surface area contributed by atoms with Crippen molar-refractivity contribution in [3.63, 3.8) is 0 Å². The minimum absolute atomic E-state index is 0.274. The summed E-state index contributed by atoms with van der Waals surface area (Å²) in [6.45, 7) is 1.65. The van der Waals surface area contributed by atoms with Crippen molar-refractivity contribution in [3.8, 4) is 11.5 Å². The van der Waals surface area contributed by atoms with Crippen molar-refractivity contribution in [2.45, 2.75) is 32.7 Å². The number of rotatable bonds is 9. The number of esters is 3. The van der Waals surface area contributed by atoms with Crippen LogP contribution < -0.4 is 9.47 Å². The first kappa shape index (κ1) is 21.7. The fourth-order valence-electron chi connectivity index (χ4n) is 2.04. The Morgan fingerprint density at radius 2 is 1.48 bits per heavy atom. The minimum Gasteiger partial charge on any atom is -0.493 e. The van der Waals surface area contributed by atoms with Crippen LogP contribution in [0.3, 0.4) is 0 Å². The van der Waals surface area contributed by atoms with Crippen molar-refractivity contribution >= 4 is 23.9 Å². The van der Waals surface area contributed by atoms with E-state index in [9.17, 15) is 19.2 Å². The first-order valence-corrected chi connectivity index (χ1v) is 7.64. The normalized spacial score (nSPS) is 12.3. The van der Waals surface area contributed by atoms with Gasteiger partial charge in [-0.2, -0.15) is 0 Å². The maximum absolute atomic E-state index is 12.2. The maximum Gasteiger partial charge on any atom is 0.352 e. The molecule has 27 heavy (non-hydrogen) atoms. The Bertz CT molecular complexity index is 712. The molecular weight excluding hydrogens is 364 g/mol. The topological polar surface area (TPSA) is 135 Å². The van der Waals surface area contributed by atoms with Crippen LogP contribution in [-0.2, 0) is 40.0 Å². The number of aliphatic carboxylic acids is 1. The zero-order valence-corrected chi connectivity index (χ0v) is 15.2. The quantitative estimate of drug-likeness (QED) is 0.478. The lowest BCUT2D eigenvalue weighted by molar-refractivity contribution is -0.188. The molecule has 0 amide bonds. The molecular formula is C17H20O10. The average Bonchev–Trinajstić information content (AvgIpc) is 2.61. The third kappa shape index (κ3) is 6.49. The van der Waals surface area contributed by atoms with Crippen molar-refractivity contribution in [2.75, 3.05) is 14.2 Å². The van der Waals surface area contributed by atoms with E-state index in [1.54, 1.807) is 18.2 Å². The summed E-state index contributed by atoms with van der Waals surface area (Å²) in [5.41, 5.74) is 0.502. The monoisotopic (exact) mass is 384 g/mol. The van der Waals surface area contributed by atoms with E-state index in [1.807, 2.05) is 0 Å². The second kappa shape index (κ2) is 10.00. The molecule has 1 rings (SSSR count). The molecule has 0 aliphatic heterocycles. The Kier molecular flexibility index (Phi) is 8.05. The molecule has 1 N–H and O–H groups in total. The van der Waals surface area contributed by atoms with Crippen molar-refractivity contribution in [1.82, 2.24) is 0 Å². The molecule has 0 bridgehead atoms. The Morgan fingerprint density at radius 3 is 1.96 bits per heavy atom. The van der Waals surface area contributed by atoms with Crippen LogP contribution in [0.2, 0.25) is 0 Å². The molecule has 0 aromatic heterocycles. The molecule has 148 valence electrons. The lowest BCUT2D eigenvalue weighted by atomic mass is 10.2. The largest absolute Gasteiger partial charge is 0.493 e. The molecule has 10 nitrogen and oxygen atoms in total. The molecule has 2 unspecified atom stereocenters. The number of ether oxygens (including phenoxy) is 5. The van der Waals surface area contributed by atoms with Gasteiger partial charge in [-0.25, -0.2) is 9.59 Å². The standard InChI is InChI=1S/C17H20O10/c1-9(18)26-14(16(20)21)15(27-10(2)19)17(22)25-8-11-5-6-12(23-3)13(7-11)24-4/h5-7,14-15H,8H2,1-4H3,(H,20,21). The van der Waals surface area contributed by atoms with Gasteiger partial charge in [0.25, 0.3) is 0 Å². The fourth-order valence-corrected chi connectivity index (χ4v) is 2.04. The van der Waals surface area contributed by atoms with Crippen LogP contribution in [0.25, 0.3) is 0 Å². The number of benzene rings is 1. The number of hydrogen-bond donors (Lipinski definition) is 1. The molecule has 0 fully saturated rings. The summed E-state index contributed by atoms with van der Waals surface area (Å²) >= 11 is 0. The molecule has 0 aliphatic carbocycles. The number of carboxylic acid groups (broad SMARTS) is 1. The van der Waals surface area contributed by atoms with Gasteiger partial charge in [0, 0.05) is 13.8 Å². The Balaban J connectivity index is 2.94. The second-order valence-corrected chi connectivity index (χ2v) is 5.20. The fraction of sp³-hybridized carbons (Fsp3) is 0.412. The Hall–Kier alpha value is -3.30. The van der Waals surface area contributed by atoms with Crippen LogP contribution in [-0.4, -0.2) is 55.4 Å². The molecule has 0 aliphatic rings. The summed E-state index contributed by atoms with van der Waals surface area (Å²) in [7, 11) is 2.89. The molecule has 2 atom stereocenters. The molecule has 1 aromatic carbocycles. The van der Waals surface area contributed by atoms with Gasteiger partial charge in [-0.1, -0.05) is 6.07 Å². The van der Waals surface area contributed by atoms with E-state index in [0.29, 0.717) is 17.1 Å². The SMILES string of the molecule is COc1ccc(COC(=O)C(OC(C)=O)C(OC(C)=O)C(=O)O)cc1OC. The lowest BCUT2D eigenvalue weighted by Crippen LogP contribution is -2.46. The van der Waals surface area contributed by atoms with Crippen LogP contribution >= 0.6 is 0 Å². The first-order valence-electron chi connectivity index (χ1n) is 7.64. The van der Waals surface area contributed by atoms with Gasteiger partial charge in [0.1, 0.15) is 6.61 Å². The predicted molar refractivity (Wildman–Crippen MR) is 88.1 cm³/mol. The van der Waals surface area contributed by atoms with Crippen molar-refractivity contribution in [2.24, 2.45) is 0 Å². The van der Waals surface area contributed by atoms with Crippen LogP contribution in [0.5, 0.6) is 11.5 Å². The summed E-state index contributed by atoms with van der Waals surface area (Å²) in [5.74, 6) is -3.90. The summed E-state index contributed by atoms with van der Waals surface area (Å²) in [4.78, 5) is 45.8. The van der Waals surface area contributed by atoms with Gasteiger partial charge >= 0.3 is 23.9 Å². The smallest absolute Gasteiger partial charge is 0.352 e. The summed E-state index contributed by atoms with van der Waals surface area (Å²) in [5, 5.41) is 9.16. The highest BCUT2D eigenvalue weighted by molar-refractivity contribution is 5.88. The van der Waals surface area contributed by atoms with Gasteiger partial charge in [-0.15, -0.1) is 0 Å². The molecule has 0 saturated heterocycles. The summed E-state index contributed by atoms with van der Waals surface area (Å²) in [6, 6.07) is 4.73. The van der Waals surface area contributed by atoms with E-state index in [-0.39, 0.29) is 6.61 Å². The predicted octanol–water partition coefficient (Wildman–Crippen LogP) is 0.695. The van der Waals surface area contributed by atoms with Crippen molar-refractivity contribution in [1.29, 1.82) is 0 Å². The molecule has 0 spiro atoms. The van der Waals surface area contributed by atoms with Gasteiger partial charge in [0.15, 0.2) is 11.5 Å². The number of carbonyl (C=O) groups excluding carboxylic acids is 3. The van der Waals surface area contributed by atoms with Crippen molar-refractivity contribution in [3.05, 3.63) is 23.8 Å². The summed E-state index contributed by atoms with van der Waals surface area (Å²) in [6.07, 6.45) is -3.99. The highest BCUT2D eigenvalue weighted by atomic mass is 16.6. The van der Waals surface area contributed by atoms with Gasteiger partial charge in [0.2, 0.25) is 12.2 Å². The van der Waals surface area contributed by atoms with E-state index in [4.69, 9.17) is 24.1 Å². The highest BCUT2D eigenvalue weighted by Crippen LogP contribution is 2.27. The minimum atomic E-state index is -2.04. The second-order valence-electron chi connectivity index (χ2n) is 5.20. The zero-order valence-electron chi connectivity index (χ0n) is 15.2. The molecule has 0 saturated carbocycles.